The number of aromatic nitrogens is 1. The maximum absolute atomic E-state index is 6.12. The number of aromatic amines is 1. The van der Waals surface area contributed by atoms with E-state index in [1.54, 1.807) is 0 Å². The van der Waals surface area contributed by atoms with Crippen LogP contribution >= 0.6 is 11.6 Å². The second-order valence-electron chi connectivity index (χ2n) is 4.03. The number of benzene rings is 1. The lowest BCUT2D eigenvalue weighted by Gasteiger charge is -2.07. The SMILES string of the molecule is CC.Cc1cc2c(C(C)C)ccc(Cl)c2[nH]1. The molecular formula is C14H20ClN. The fourth-order valence-corrected chi connectivity index (χ4v) is 2.06. The smallest absolute Gasteiger partial charge is 0.0648 e. The lowest BCUT2D eigenvalue weighted by Crippen LogP contribution is -1.87. The summed E-state index contributed by atoms with van der Waals surface area (Å²) in [5, 5.41) is 2.06. The third-order valence-corrected chi connectivity index (χ3v) is 2.85. The fraction of sp³-hybridized carbons (Fsp3) is 0.429. The van der Waals surface area contributed by atoms with Crippen LogP contribution < -0.4 is 0 Å². The number of H-pyrrole nitrogens is 1. The van der Waals surface area contributed by atoms with Gasteiger partial charge in [-0.1, -0.05) is 45.4 Å². The second kappa shape index (κ2) is 5.40. The summed E-state index contributed by atoms with van der Waals surface area (Å²) in [7, 11) is 0. The van der Waals surface area contributed by atoms with Gasteiger partial charge in [0.25, 0.3) is 0 Å². The van der Waals surface area contributed by atoms with Gasteiger partial charge in [0.15, 0.2) is 0 Å². The molecule has 1 heterocycles. The molecule has 0 amide bonds. The lowest BCUT2D eigenvalue weighted by molar-refractivity contribution is 0.876. The molecule has 0 bridgehead atoms. The Morgan fingerprint density at radius 2 is 1.81 bits per heavy atom. The van der Waals surface area contributed by atoms with Crippen molar-refractivity contribution in [1.82, 2.24) is 4.98 Å². The number of aryl methyl sites for hydroxylation is 1. The quantitative estimate of drug-likeness (QED) is 0.695. The minimum Gasteiger partial charge on any atom is -0.357 e. The Hall–Kier alpha value is -0.950. The van der Waals surface area contributed by atoms with Crippen molar-refractivity contribution >= 4 is 22.5 Å². The molecule has 16 heavy (non-hydrogen) atoms. The summed E-state index contributed by atoms with van der Waals surface area (Å²) < 4.78 is 0. The van der Waals surface area contributed by atoms with Crippen LogP contribution in [0.5, 0.6) is 0 Å². The number of halogens is 1. The van der Waals surface area contributed by atoms with Gasteiger partial charge in [-0.15, -0.1) is 0 Å². The lowest BCUT2D eigenvalue weighted by atomic mass is 9.99. The highest BCUT2D eigenvalue weighted by Crippen LogP contribution is 2.30. The molecule has 0 atom stereocenters. The minimum atomic E-state index is 0.532. The van der Waals surface area contributed by atoms with Crippen LogP contribution in [-0.2, 0) is 0 Å². The van der Waals surface area contributed by atoms with Crippen molar-refractivity contribution in [2.75, 3.05) is 0 Å². The number of fused-ring (bicyclic) bond motifs is 1. The Labute approximate surface area is 103 Å². The molecule has 0 saturated carbocycles. The van der Waals surface area contributed by atoms with E-state index in [4.69, 9.17) is 11.6 Å². The maximum atomic E-state index is 6.12. The van der Waals surface area contributed by atoms with Gasteiger partial charge in [-0.05, 0) is 30.5 Å². The van der Waals surface area contributed by atoms with E-state index in [-0.39, 0.29) is 0 Å². The van der Waals surface area contributed by atoms with E-state index >= 15 is 0 Å². The first kappa shape index (κ1) is 13.1. The highest BCUT2D eigenvalue weighted by atomic mass is 35.5. The average Bonchev–Trinajstić information content (AvgIpc) is 2.63. The zero-order valence-corrected chi connectivity index (χ0v) is 11.4. The van der Waals surface area contributed by atoms with Gasteiger partial charge in [-0.2, -0.15) is 0 Å². The highest BCUT2D eigenvalue weighted by Gasteiger charge is 2.09. The summed E-state index contributed by atoms with van der Waals surface area (Å²) in [5.41, 5.74) is 3.58. The van der Waals surface area contributed by atoms with Gasteiger partial charge < -0.3 is 4.98 Å². The first-order valence-electron chi connectivity index (χ1n) is 5.87. The second-order valence-corrected chi connectivity index (χ2v) is 4.44. The van der Waals surface area contributed by atoms with Crippen LogP contribution in [0.1, 0.15) is 44.9 Å². The molecule has 1 aromatic carbocycles. The summed E-state index contributed by atoms with van der Waals surface area (Å²) in [6.07, 6.45) is 0. The Morgan fingerprint density at radius 3 is 2.38 bits per heavy atom. The maximum Gasteiger partial charge on any atom is 0.0648 e. The first-order chi connectivity index (χ1) is 7.59. The van der Waals surface area contributed by atoms with Gasteiger partial charge in [0.05, 0.1) is 10.5 Å². The first-order valence-corrected chi connectivity index (χ1v) is 6.25. The highest BCUT2D eigenvalue weighted by molar-refractivity contribution is 6.35. The van der Waals surface area contributed by atoms with Gasteiger partial charge in [0.1, 0.15) is 0 Å². The van der Waals surface area contributed by atoms with E-state index in [0.29, 0.717) is 5.92 Å². The standard InChI is InChI=1S/C12H14ClN.C2H6/c1-7(2)9-4-5-11(13)12-10(9)6-8(3)14-12;1-2/h4-7,14H,1-3H3;1-2H3. The zero-order valence-electron chi connectivity index (χ0n) is 10.7. The van der Waals surface area contributed by atoms with E-state index < -0.39 is 0 Å². The molecule has 0 aliphatic heterocycles. The summed E-state index contributed by atoms with van der Waals surface area (Å²) >= 11 is 6.12. The van der Waals surface area contributed by atoms with E-state index in [2.05, 4.69) is 37.9 Å². The molecule has 0 saturated heterocycles. The van der Waals surface area contributed by atoms with Crippen LogP contribution in [0.15, 0.2) is 18.2 Å². The molecule has 1 N–H and O–H groups in total. The number of rotatable bonds is 1. The number of hydrogen-bond donors (Lipinski definition) is 1. The molecule has 0 spiro atoms. The van der Waals surface area contributed by atoms with Gasteiger partial charge in [-0.3, -0.25) is 0 Å². The van der Waals surface area contributed by atoms with Gasteiger partial charge >= 0.3 is 0 Å². The monoisotopic (exact) mass is 237 g/mol. The van der Waals surface area contributed by atoms with Crippen molar-refractivity contribution in [1.29, 1.82) is 0 Å². The zero-order chi connectivity index (χ0) is 12.3. The van der Waals surface area contributed by atoms with Crippen molar-refractivity contribution in [3.8, 4) is 0 Å². The third-order valence-electron chi connectivity index (χ3n) is 2.53. The van der Waals surface area contributed by atoms with Crippen LogP contribution in [0.4, 0.5) is 0 Å². The molecular weight excluding hydrogens is 218 g/mol. The largest absolute Gasteiger partial charge is 0.357 e. The third kappa shape index (κ3) is 2.41. The fourth-order valence-electron chi connectivity index (χ4n) is 1.84. The summed E-state index contributed by atoms with van der Waals surface area (Å²) in [4.78, 5) is 3.29. The Bertz CT molecular complexity index is 469. The number of hydrogen-bond acceptors (Lipinski definition) is 0. The van der Waals surface area contributed by atoms with Crippen LogP contribution in [0.25, 0.3) is 10.9 Å². The Morgan fingerprint density at radius 1 is 1.19 bits per heavy atom. The normalized spacial score (nSPS) is 10.4. The van der Waals surface area contributed by atoms with Crippen molar-refractivity contribution in [3.63, 3.8) is 0 Å². The van der Waals surface area contributed by atoms with Crippen LogP contribution in [0.3, 0.4) is 0 Å². The molecule has 0 radical (unpaired) electrons. The van der Waals surface area contributed by atoms with Gasteiger partial charge in [-0.25, -0.2) is 0 Å². The van der Waals surface area contributed by atoms with E-state index in [0.717, 1.165) is 16.2 Å². The van der Waals surface area contributed by atoms with E-state index in [1.807, 2.05) is 19.9 Å². The Balaban J connectivity index is 0.000000606. The van der Waals surface area contributed by atoms with Gasteiger partial charge in [0.2, 0.25) is 0 Å². The average molecular weight is 238 g/mol. The molecule has 0 aliphatic carbocycles. The summed E-state index contributed by atoms with van der Waals surface area (Å²) in [6.45, 7) is 10.5. The molecule has 1 nitrogen and oxygen atoms in total. The summed E-state index contributed by atoms with van der Waals surface area (Å²) in [5.74, 6) is 0.532. The molecule has 2 aromatic rings. The van der Waals surface area contributed by atoms with Crippen molar-refractivity contribution in [2.24, 2.45) is 0 Å². The summed E-state index contributed by atoms with van der Waals surface area (Å²) in [6, 6.07) is 6.24. The molecule has 2 rings (SSSR count). The van der Waals surface area contributed by atoms with E-state index in [1.165, 1.54) is 10.9 Å². The molecule has 88 valence electrons. The molecule has 0 unspecified atom stereocenters. The number of nitrogens with one attached hydrogen (secondary N) is 1. The van der Waals surface area contributed by atoms with Crippen LogP contribution in [0.2, 0.25) is 5.02 Å². The predicted molar refractivity (Wildman–Crippen MR) is 73.5 cm³/mol. The molecule has 0 aliphatic rings. The molecule has 1 aromatic heterocycles. The predicted octanol–water partition coefficient (Wildman–Crippen LogP) is 5.28. The topological polar surface area (TPSA) is 15.8 Å². The van der Waals surface area contributed by atoms with Crippen LogP contribution in [-0.4, -0.2) is 4.98 Å². The van der Waals surface area contributed by atoms with Crippen molar-refractivity contribution in [2.45, 2.75) is 40.5 Å². The Kier molecular flexibility index (Phi) is 4.43. The van der Waals surface area contributed by atoms with E-state index in [9.17, 15) is 0 Å². The van der Waals surface area contributed by atoms with Crippen LogP contribution in [0, 0.1) is 6.92 Å². The van der Waals surface area contributed by atoms with Crippen molar-refractivity contribution in [3.05, 3.63) is 34.5 Å². The molecule has 2 heteroatoms. The molecule has 0 fully saturated rings. The van der Waals surface area contributed by atoms with Gasteiger partial charge in [0, 0.05) is 11.1 Å². The minimum absolute atomic E-state index is 0.532. The van der Waals surface area contributed by atoms with Crippen molar-refractivity contribution < 1.29 is 0 Å².